The summed E-state index contributed by atoms with van der Waals surface area (Å²) in [7, 11) is -7.28. The lowest BCUT2D eigenvalue weighted by atomic mass is 10.1. The lowest BCUT2D eigenvalue weighted by Gasteiger charge is -2.36. The molecule has 0 radical (unpaired) electrons. The first-order valence-electron chi connectivity index (χ1n) is 11.6. The summed E-state index contributed by atoms with van der Waals surface area (Å²) in [6.07, 6.45) is 3.80. The third-order valence-electron chi connectivity index (χ3n) is 6.82. The molecule has 180 valence electrons. The molecule has 4 rings (SSSR count). The van der Waals surface area contributed by atoms with E-state index >= 15 is 0 Å². The molecule has 0 atom stereocenters. The number of rotatable bonds is 5. The second kappa shape index (κ2) is 9.74. The largest absolute Gasteiger partial charge is 0.369 e. The minimum absolute atomic E-state index is 0.137. The Kier molecular flexibility index (Phi) is 7.14. The predicted octanol–water partition coefficient (Wildman–Crippen LogP) is 3.38. The first kappa shape index (κ1) is 24.2. The minimum Gasteiger partial charge on any atom is -0.369 e. The third kappa shape index (κ3) is 4.96. The number of hydrogen-bond acceptors (Lipinski definition) is 5. The van der Waals surface area contributed by atoms with Crippen LogP contribution in [0, 0.1) is 13.8 Å². The average Bonchev–Trinajstić information content (AvgIpc) is 3.11. The monoisotopic (exact) mass is 491 g/mol. The zero-order chi connectivity index (χ0) is 23.6. The van der Waals surface area contributed by atoms with Crippen molar-refractivity contribution in [2.75, 3.05) is 44.2 Å². The van der Waals surface area contributed by atoms with E-state index in [-0.39, 0.29) is 9.79 Å². The maximum Gasteiger partial charge on any atom is 0.243 e. The molecular formula is C24H33N3O4S2. The molecule has 7 nitrogen and oxygen atoms in total. The Morgan fingerprint density at radius 3 is 1.61 bits per heavy atom. The summed E-state index contributed by atoms with van der Waals surface area (Å²) in [6, 6.07) is 11.9. The van der Waals surface area contributed by atoms with Gasteiger partial charge in [-0.1, -0.05) is 25.0 Å². The molecule has 0 aromatic heterocycles. The highest BCUT2D eigenvalue weighted by Crippen LogP contribution is 2.27. The topological polar surface area (TPSA) is 78.0 Å². The van der Waals surface area contributed by atoms with Crippen LogP contribution in [0.1, 0.15) is 36.8 Å². The Bertz CT molecular complexity index is 1180. The van der Waals surface area contributed by atoms with Crippen molar-refractivity contribution >= 4 is 25.7 Å². The predicted molar refractivity (Wildman–Crippen MR) is 131 cm³/mol. The maximum atomic E-state index is 13.2. The van der Waals surface area contributed by atoms with Gasteiger partial charge in [0, 0.05) is 45.0 Å². The van der Waals surface area contributed by atoms with E-state index in [1.165, 1.54) is 44.0 Å². The summed E-state index contributed by atoms with van der Waals surface area (Å²) in [5.41, 5.74) is 3.59. The van der Waals surface area contributed by atoms with Gasteiger partial charge in [-0.3, -0.25) is 0 Å². The normalized spacial score (nSPS) is 19.4. The summed E-state index contributed by atoms with van der Waals surface area (Å²) in [4.78, 5) is 2.52. The Hall–Kier alpha value is -1.94. The number of anilines is 1. The molecule has 33 heavy (non-hydrogen) atoms. The van der Waals surface area contributed by atoms with Crippen LogP contribution < -0.4 is 4.90 Å². The van der Waals surface area contributed by atoms with Gasteiger partial charge in [-0.15, -0.1) is 0 Å². The van der Waals surface area contributed by atoms with Crippen molar-refractivity contribution in [2.24, 2.45) is 0 Å². The second-order valence-electron chi connectivity index (χ2n) is 8.90. The molecule has 2 aliphatic rings. The molecule has 0 aliphatic carbocycles. The molecule has 2 fully saturated rings. The van der Waals surface area contributed by atoms with Crippen molar-refractivity contribution in [3.8, 4) is 0 Å². The van der Waals surface area contributed by atoms with Gasteiger partial charge in [0.15, 0.2) is 0 Å². The summed E-state index contributed by atoms with van der Waals surface area (Å²) < 4.78 is 55.4. The number of piperazine rings is 1. The highest BCUT2D eigenvalue weighted by atomic mass is 32.2. The maximum absolute atomic E-state index is 13.2. The number of hydrogen-bond donors (Lipinski definition) is 0. The molecule has 9 heteroatoms. The smallest absolute Gasteiger partial charge is 0.243 e. The standard InChI is InChI=1S/C24H33N3O4S2/c1-20-8-7-9-24(21(20)2)25-16-18-27(19-17-25)33(30,31)23-12-10-22(11-13-23)32(28,29)26-14-5-3-4-6-15-26/h7-13H,3-6,14-19H2,1-2H3. The zero-order valence-corrected chi connectivity index (χ0v) is 21.0. The summed E-state index contributed by atoms with van der Waals surface area (Å²) in [5.74, 6) is 0. The molecule has 2 aromatic rings. The molecule has 2 saturated heterocycles. The van der Waals surface area contributed by atoms with Gasteiger partial charge in [0.2, 0.25) is 20.0 Å². The van der Waals surface area contributed by atoms with Crippen LogP contribution in [0.3, 0.4) is 0 Å². The van der Waals surface area contributed by atoms with Gasteiger partial charge < -0.3 is 4.90 Å². The summed E-state index contributed by atoms with van der Waals surface area (Å²) in [5, 5.41) is 0. The molecule has 0 unspecified atom stereocenters. The van der Waals surface area contributed by atoms with Crippen LogP contribution in [0.5, 0.6) is 0 Å². The van der Waals surface area contributed by atoms with Crippen molar-refractivity contribution in [2.45, 2.75) is 49.3 Å². The number of nitrogens with zero attached hydrogens (tertiary/aromatic N) is 3. The number of benzene rings is 2. The highest BCUT2D eigenvalue weighted by Gasteiger charge is 2.30. The molecular weight excluding hydrogens is 458 g/mol. The van der Waals surface area contributed by atoms with Crippen LogP contribution in [0.25, 0.3) is 0 Å². The fraction of sp³-hybridized carbons (Fsp3) is 0.500. The molecule has 0 amide bonds. The van der Waals surface area contributed by atoms with Gasteiger partial charge in [-0.05, 0) is 68.1 Å². The first-order valence-corrected chi connectivity index (χ1v) is 14.5. The first-order chi connectivity index (χ1) is 15.7. The van der Waals surface area contributed by atoms with E-state index in [1.807, 2.05) is 6.07 Å². The number of sulfonamides is 2. The van der Waals surface area contributed by atoms with Crippen LogP contribution in [0.4, 0.5) is 5.69 Å². The number of aryl methyl sites for hydroxylation is 1. The van der Waals surface area contributed by atoms with E-state index in [0.717, 1.165) is 31.4 Å². The van der Waals surface area contributed by atoms with Crippen molar-refractivity contribution < 1.29 is 16.8 Å². The van der Waals surface area contributed by atoms with Gasteiger partial charge in [0.05, 0.1) is 9.79 Å². The van der Waals surface area contributed by atoms with Gasteiger partial charge in [-0.25, -0.2) is 16.8 Å². The Labute approximate surface area is 198 Å². The van der Waals surface area contributed by atoms with E-state index in [4.69, 9.17) is 0 Å². The van der Waals surface area contributed by atoms with E-state index in [0.29, 0.717) is 39.3 Å². The van der Waals surface area contributed by atoms with Crippen LogP contribution in [-0.4, -0.2) is 64.7 Å². The zero-order valence-electron chi connectivity index (χ0n) is 19.4. The second-order valence-corrected chi connectivity index (χ2v) is 12.8. The molecule has 2 aromatic carbocycles. The Morgan fingerprint density at radius 1 is 0.606 bits per heavy atom. The van der Waals surface area contributed by atoms with Gasteiger partial charge in [-0.2, -0.15) is 8.61 Å². The molecule has 0 N–H and O–H groups in total. The lowest BCUT2D eigenvalue weighted by molar-refractivity contribution is 0.384. The molecule has 2 aliphatic heterocycles. The van der Waals surface area contributed by atoms with Crippen molar-refractivity contribution in [3.63, 3.8) is 0 Å². The van der Waals surface area contributed by atoms with Gasteiger partial charge >= 0.3 is 0 Å². The van der Waals surface area contributed by atoms with E-state index in [2.05, 4.69) is 30.9 Å². The van der Waals surface area contributed by atoms with Crippen LogP contribution in [0.15, 0.2) is 52.3 Å². The SMILES string of the molecule is Cc1cccc(N2CCN(S(=O)(=O)c3ccc(S(=O)(=O)N4CCCCCC4)cc3)CC2)c1C. The Morgan fingerprint density at radius 2 is 1.09 bits per heavy atom. The van der Waals surface area contributed by atoms with E-state index < -0.39 is 20.0 Å². The molecule has 0 saturated carbocycles. The van der Waals surface area contributed by atoms with Crippen LogP contribution in [-0.2, 0) is 20.0 Å². The lowest BCUT2D eigenvalue weighted by Crippen LogP contribution is -2.48. The summed E-state index contributed by atoms with van der Waals surface area (Å²) >= 11 is 0. The highest BCUT2D eigenvalue weighted by molar-refractivity contribution is 7.89. The Balaban J connectivity index is 1.46. The van der Waals surface area contributed by atoms with Gasteiger partial charge in [0.25, 0.3) is 0 Å². The molecule has 0 bridgehead atoms. The minimum atomic E-state index is -3.68. The van der Waals surface area contributed by atoms with E-state index in [1.54, 1.807) is 0 Å². The third-order valence-corrected chi connectivity index (χ3v) is 10.6. The van der Waals surface area contributed by atoms with Crippen molar-refractivity contribution in [3.05, 3.63) is 53.6 Å². The quantitative estimate of drug-likeness (QED) is 0.641. The van der Waals surface area contributed by atoms with Crippen LogP contribution >= 0.6 is 0 Å². The van der Waals surface area contributed by atoms with Crippen molar-refractivity contribution in [1.82, 2.24) is 8.61 Å². The average molecular weight is 492 g/mol. The molecule has 2 heterocycles. The van der Waals surface area contributed by atoms with Crippen LogP contribution in [0.2, 0.25) is 0 Å². The fourth-order valence-electron chi connectivity index (χ4n) is 4.61. The van der Waals surface area contributed by atoms with Crippen molar-refractivity contribution in [1.29, 1.82) is 0 Å². The molecule has 0 spiro atoms. The summed E-state index contributed by atoms with van der Waals surface area (Å²) in [6.45, 7) is 7.23. The van der Waals surface area contributed by atoms with Gasteiger partial charge in [0.1, 0.15) is 0 Å². The van der Waals surface area contributed by atoms with E-state index in [9.17, 15) is 16.8 Å². The fourth-order valence-corrected chi connectivity index (χ4v) is 7.55.